The average Bonchev–Trinajstić information content (AvgIpc) is 3.15. The predicted molar refractivity (Wildman–Crippen MR) is 75.8 cm³/mol. The van der Waals surface area contributed by atoms with Crippen LogP contribution < -0.4 is 5.32 Å². The zero-order valence-electron chi connectivity index (χ0n) is 12.4. The van der Waals surface area contributed by atoms with Crippen LogP contribution in [0.25, 0.3) is 0 Å². The van der Waals surface area contributed by atoms with Crippen LogP contribution in [0, 0.1) is 11.8 Å². The molecule has 1 saturated heterocycles. The Morgan fingerprint density at radius 3 is 2.78 bits per heavy atom. The second-order valence-corrected chi connectivity index (χ2v) is 6.59. The predicted octanol–water partition coefficient (Wildman–Crippen LogP) is 2.12. The maximum absolute atomic E-state index is 5.78. The molecular weight excluding hydrogens is 224 g/mol. The SMILES string of the molecule is CC(C)CCOCCN1CCNCC1(C)C1CC1. The summed E-state index contributed by atoms with van der Waals surface area (Å²) in [6.45, 7) is 13.3. The van der Waals surface area contributed by atoms with Crippen molar-refractivity contribution in [2.24, 2.45) is 11.8 Å². The van der Waals surface area contributed by atoms with E-state index in [1.54, 1.807) is 0 Å². The van der Waals surface area contributed by atoms with Gasteiger partial charge in [-0.05, 0) is 38.0 Å². The molecular formula is C15H30N2O. The van der Waals surface area contributed by atoms with Crippen molar-refractivity contribution in [3.8, 4) is 0 Å². The molecule has 3 nitrogen and oxygen atoms in total. The zero-order valence-corrected chi connectivity index (χ0v) is 12.4. The molecule has 1 N–H and O–H groups in total. The Labute approximate surface area is 112 Å². The monoisotopic (exact) mass is 254 g/mol. The average molecular weight is 254 g/mol. The fourth-order valence-electron chi connectivity index (χ4n) is 2.99. The van der Waals surface area contributed by atoms with Gasteiger partial charge >= 0.3 is 0 Å². The minimum Gasteiger partial charge on any atom is -0.380 e. The van der Waals surface area contributed by atoms with Gasteiger partial charge in [-0.15, -0.1) is 0 Å². The quantitative estimate of drug-likeness (QED) is 0.704. The van der Waals surface area contributed by atoms with E-state index in [0.717, 1.165) is 44.7 Å². The lowest BCUT2D eigenvalue weighted by molar-refractivity contribution is 0.0199. The first-order valence-corrected chi connectivity index (χ1v) is 7.66. The van der Waals surface area contributed by atoms with E-state index in [1.807, 2.05) is 0 Å². The van der Waals surface area contributed by atoms with E-state index in [1.165, 1.54) is 25.8 Å². The molecule has 1 heterocycles. The fraction of sp³-hybridized carbons (Fsp3) is 1.00. The second kappa shape index (κ2) is 6.36. The number of nitrogens with one attached hydrogen (secondary N) is 1. The first kappa shape index (κ1) is 14.3. The van der Waals surface area contributed by atoms with Gasteiger partial charge in [0.1, 0.15) is 0 Å². The molecule has 18 heavy (non-hydrogen) atoms. The van der Waals surface area contributed by atoms with Gasteiger partial charge in [0.25, 0.3) is 0 Å². The molecule has 2 aliphatic rings. The van der Waals surface area contributed by atoms with Gasteiger partial charge in [-0.3, -0.25) is 4.90 Å². The van der Waals surface area contributed by atoms with Crippen LogP contribution in [0.5, 0.6) is 0 Å². The lowest BCUT2D eigenvalue weighted by Crippen LogP contribution is -2.61. The van der Waals surface area contributed by atoms with E-state index < -0.39 is 0 Å². The third kappa shape index (κ3) is 3.69. The standard InChI is InChI=1S/C15H30N2O/c1-13(2)6-10-18-11-9-17-8-7-16-12-15(17,3)14-4-5-14/h13-14,16H,4-12H2,1-3H3. The fourth-order valence-corrected chi connectivity index (χ4v) is 2.99. The van der Waals surface area contributed by atoms with E-state index in [-0.39, 0.29) is 0 Å². The van der Waals surface area contributed by atoms with Gasteiger partial charge in [0.05, 0.1) is 6.61 Å². The first-order chi connectivity index (χ1) is 8.63. The van der Waals surface area contributed by atoms with Crippen molar-refractivity contribution in [2.75, 3.05) is 39.4 Å². The second-order valence-electron chi connectivity index (χ2n) is 6.59. The summed E-state index contributed by atoms with van der Waals surface area (Å²) in [6.07, 6.45) is 4.02. The highest BCUT2D eigenvalue weighted by Gasteiger charge is 2.46. The van der Waals surface area contributed by atoms with Gasteiger partial charge in [0.15, 0.2) is 0 Å². The molecule has 106 valence electrons. The molecule has 0 aromatic heterocycles. The Kier molecular flexibility index (Phi) is 5.05. The van der Waals surface area contributed by atoms with Gasteiger partial charge in [-0.25, -0.2) is 0 Å². The molecule has 3 heteroatoms. The smallest absolute Gasteiger partial charge is 0.0593 e. The van der Waals surface area contributed by atoms with Crippen LogP contribution in [-0.4, -0.2) is 49.8 Å². The normalized spacial score (nSPS) is 30.0. The summed E-state index contributed by atoms with van der Waals surface area (Å²) in [5.74, 6) is 1.67. The summed E-state index contributed by atoms with van der Waals surface area (Å²) in [5.41, 5.74) is 0.389. The topological polar surface area (TPSA) is 24.5 Å². The van der Waals surface area contributed by atoms with Crippen molar-refractivity contribution in [1.29, 1.82) is 0 Å². The minimum atomic E-state index is 0.389. The van der Waals surface area contributed by atoms with Gasteiger partial charge in [-0.1, -0.05) is 13.8 Å². The summed E-state index contributed by atoms with van der Waals surface area (Å²) >= 11 is 0. The molecule has 0 spiro atoms. The van der Waals surface area contributed by atoms with Crippen molar-refractivity contribution >= 4 is 0 Å². The molecule has 1 atom stereocenters. The Bertz CT molecular complexity index is 253. The Morgan fingerprint density at radius 2 is 2.11 bits per heavy atom. The third-order valence-electron chi connectivity index (χ3n) is 4.57. The van der Waals surface area contributed by atoms with Crippen LogP contribution in [0.15, 0.2) is 0 Å². The highest BCUT2D eigenvalue weighted by atomic mass is 16.5. The van der Waals surface area contributed by atoms with Gasteiger partial charge in [0, 0.05) is 38.3 Å². The molecule has 0 aromatic carbocycles. The number of piperazine rings is 1. The number of rotatable bonds is 7. The van der Waals surface area contributed by atoms with Gasteiger partial charge in [-0.2, -0.15) is 0 Å². The summed E-state index contributed by atoms with van der Waals surface area (Å²) < 4.78 is 5.78. The van der Waals surface area contributed by atoms with Crippen molar-refractivity contribution in [1.82, 2.24) is 10.2 Å². The van der Waals surface area contributed by atoms with Crippen LogP contribution in [-0.2, 0) is 4.74 Å². The summed E-state index contributed by atoms with van der Waals surface area (Å²) in [5, 5.41) is 3.56. The first-order valence-electron chi connectivity index (χ1n) is 7.66. The Balaban J connectivity index is 1.69. The molecule has 0 aromatic rings. The Morgan fingerprint density at radius 1 is 1.33 bits per heavy atom. The van der Waals surface area contributed by atoms with E-state index in [2.05, 4.69) is 31.0 Å². The van der Waals surface area contributed by atoms with Crippen molar-refractivity contribution in [3.63, 3.8) is 0 Å². The number of nitrogens with zero attached hydrogens (tertiary/aromatic N) is 1. The zero-order chi connectivity index (χ0) is 13.0. The molecule has 2 fully saturated rings. The molecule has 2 rings (SSSR count). The maximum Gasteiger partial charge on any atom is 0.0593 e. The summed E-state index contributed by atoms with van der Waals surface area (Å²) in [6, 6.07) is 0. The molecule has 0 radical (unpaired) electrons. The molecule has 1 unspecified atom stereocenters. The van der Waals surface area contributed by atoms with Crippen LogP contribution in [0.4, 0.5) is 0 Å². The van der Waals surface area contributed by atoms with Crippen molar-refractivity contribution < 1.29 is 4.74 Å². The van der Waals surface area contributed by atoms with Crippen molar-refractivity contribution in [2.45, 2.75) is 45.6 Å². The molecule has 0 amide bonds. The van der Waals surface area contributed by atoms with E-state index in [9.17, 15) is 0 Å². The molecule has 1 saturated carbocycles. The number of hydrogen-bond donors (Lipinski definition) is 1. The molecule has 1 aliphatic heterocycles. The molecule has 1 aliphatic carbocycles. The van der Waals surface area contributed by atoms with E-state index >= 15 is 0 Å². The minimum absolute atomic E-state index is 0.389. The van der Waals surface area contributed by atoms with E-state index in [0.29, 0.717) is 5.54 Å². The summed E-state index contributed by atoms with van der Waals surface area (Å²) in [4.78, 5) is 2.66. The van der Waals surface area contributed by atoms with Crippen LogP contribution in [0.1, 0.15) is 40.0 Å². The van der Waals surface area contributed by atoms with Gasteiger partial charge in [0.2, 0.25) is 0 Å². The van der Waals surface area contributed by atoms with Crippen LogP contribution in [0.2, 0.25) is 0 Å². The molecule has 0 bridgehead atoms. The van der Waals surface area contributed by atoms with Gasteiger partial charge < -0.3 is 10.1 Å². The lowest BCUT2D eigenvalue weighted by atomic mass is 9.91. The maximum atomic E-state index is 5.78. The highest BCUT2D eigenvalue weighted by Crippen LogP contribution is 2.43. The highest BCUT2D eigenvalue weighted by molar-refractivity contribution is 5.02. The van der Waals surface area contributed by atoms with Crippen molar-refractivity contribution in [3.05, 3.63) is 0 Å². The largest absolute Gasteiger partial charge is 0.380 e. The van der Waals surface area contributed by atoms with E-state index in [4.69, 9.17) is 4.74 Å². The number of ether oxygens (including phenoxy) is 1. The third-order valence-corrected chi connectivity index (χ3v) is 4.57. The van der Waals surface area contributed by atoms with Crippen LogP contribution >= 0.6 is 0 Å². The summed E-state index contributed by atoms with van der Waals surface area (Å²) in [7, 11) is 0. The number of hydrogen-bond acceptors (Lipinski definition) is 3. The Hall–Kier alpha value is -0.120. The van der Waals surface area contributed by atoms with Crippen LogP contribution in [0.3, 0.4) is 0 Å². The lowest BCUT2D eigenvalue weighted by Gasteiger charge is -2.45.